The van der Waals surface area contributed by atoms with Gasteiger partial charge >= 0.3 is 0 Å². The predicted molar refractivity (Wildman–Crippen MR) is 58.8 cm³/mol. The standard InChI is InChI=1S/C10H16N2OS/c1-7-8(2)12-13-10(7)5-9-6-14-4-3-11-9/h9,11H,3-6H2,1-2H3. The average molecular weight is 212 g/mol. The maximum absolute atomic E-state index is 5.30. The van der Waals surface area contributed by atoms with Gasteiger partial charge in [-0.25, -0.2) is 0 Å². The van der Waals surface area contributed by atoms with Crippen LogP contribution in [0.1, 0.15) is 17.0 Å². The fourth-order valence-electron chi connectivity index (χ4n) is 1.63. The highest BCUT2D eigenvalue weighted by Gasteiger charge is 2.17. The zero-order chi connectivity index (χ0) is 9.97. The Bertz CT molecular complexity index is 305. The molecule has 0 spiro atoms. The van der Waals surface area contributed by atoms with E-state index in [1.54, 1.807) is 0 Å². The maximum atomic E-state index is 5.30. The highest BCUT2D eigenvalue weighted by molar-refractivity contribution is 7.99. The van der Waals surface area contributed by atoms with Crippen LogP contribution in [0.3, 0.4) is 0 Å². The summed E-state index contributed by atoms with van der Waals surface area (Å²) in [5.41, 5.74) is 2.23. The summed E-state index contributed by atoms with van der Waals surface area (Å²) in [6.07, 6.45) is 0.972. The van der Waals surface area contributed by atoms with Crippen molar-refractivity contribution >= 4 is 11.8 Å². The molecule has 1 N–H and O–H groups in total. The minimum Gasteiger partial charge on any atom is -0.361 e. The molecule has 4 heteroatoms. The molecule has 1 aliphatic rings. The second kappa shape index (κ2) is 4.36. The van der Waals surface area contributed by atoms with Crippen LogP contribution in [0.15, 0.2) is 4.52 Å². The molecule has 0 bridgehead atoms. The van der Waals surface area contributed by atoms with Crippen LogP contribution in [0.5, 0.6) is 0 Å². The second-order valence-corrected chi connectivity index (χ2v) is 4.90. The summed E-state index contributed by atoms with van der Waals surface area (Å²) >= 11 is 2.01. The number of nitrogens with one attached hydrogen (secondary N) is 1. The number of rotatable bonds is 2. The van der Waals surface area contributed by atoms with Gasteiger partial charge in [-0.1, -0.05) is 5.16 Å². The Hall–Kier alpha value is -0.480. The van der Waals surface area contributed by atoms with Gasteiger partial charge in [0.2, 0.25) is 0 Å². The van der Waals surface area contributed by atoms with Crippen molar-refractivity contribution in [3.8, 4) is 0 Å². The molecule has 0 saturated carbocycles. The molecule has 2 rings (SSSR count). The van der Waals surface area contributed by atoms with E-state index in [0.29, 0.717) is 6.04 Å². The van der Waals surface area contributed by atoms with Crippen molar-refractivity contribution in [3.63, 3.8) is 0 Å². The molecule has 0 amide bonds. The topological polar surface area (TPSA) is 38.1 Å². The first-order valence-electron chi connectivity index (χ1n) is 5.00. The van der Waals surface area contributed by atoms with Crippen molar-refractivity contribution in [3.05, 3.63) is 17.0 Å². The van der Waals surface area contributed by atoms with Crippen molar-refractivity contribution in [1.82, 2.24) is 10.5 Å². The van der Waals surface area contributed by atoms with Crippen molar-refractivity contribution in [2.75, 3.05) is 18.1 Å². The molecule has 0 aliphatic carbocycles. The van der Waals surface area contributed by atoms with E-state index in [1.807, 2.05) is 18.7 Å². The van der Waals surface area contributed by atoms with E-state index in [4.69, 9.17) is 4.52 Å². The Morgan fingerprint density at radius 3 is 3.00 bits per heavy atom. The van der Waals surface area contributed by atoms with Crippen LogP contribution in [-0.4, -0.2) is 29.2 Å². The zero-order valence-corrected chi connectivity index (χ0v) is 9.49. The SMILES string of the molecule is Cc1noc(CC2CSCCN2)c1C. The Kier molecular flexibility index (Phi) is 3.13. The van der Waals surface area contributed by atoms with Crippen LogP contribution in [0.25, 0.3) is 0 Å². The molecular formula is C10H16N2OS. The van der Waals surface area contributed by atoms with E-state index in [1.165, 1.54) is 17.1 Å². The third kappa shape index (κ3) is 2.12. The Morgan fingerprint density at radius 2 is 2.43 bits per heavy atom. The highest BCUT2D eigenvalue weighted by Crippen LogP contribution is 2.17. The van der Waals surface area contributed by atoms with Gasteiger partial charge in [-0.05, 0) is 13.8 Å². The number of thioether (sulfide) groups is 1. The zero-order valence-electron chi connectivity index (χ0n) is 8.67. The lowest BCUT2D eigenvalue weighted by atomic mass is 10.1. The van der Waals surface area contributed by atoms with Gasteiger partial charge in [0.15, 0.2) is 0 Å². The van der Waals surface area contributed by atoms with E-state index in [0.717, 1.165) is 24.4 Å². The molecular weight excluding hydrogens is 196 g/mol. The minimum atomic E-state index is 0.555. The monoisotopic (exact) mass is 212 g/mol. The van der Waals surface area contributed by atoms with Gasteiger partial charge in [0.05, 0.1) is 5.69 Å². The van der Waals surface area contributed by atoms with Gasteiger partial charge in [0.1, 0.15) is 5.76 Å². The van der Waals surface area contributed by atoms with Crippen LogP contribution in [-0.2, 0) is 6.42 Å². The molecule has 0 radical (unpaired) electrons. The molecule has 2 heterocycles. The molecule has 78 valence electrons. The van der Waals surface area contributed by atoms with Gasteiger partial charge in [-0.2, -0.15) is 11.8 Å². The number of aryl methyl sites for hydroxylation is 1. The molecule has 3 nitrogen and oxygen atoms in total. The molecule has 1 saturated heterocycles. The normalized spacial score (nSPS) is 22.6. The highest BCUT2D eigenvalue weighted by atomic mass is 32.2. The summed E-state index contributed by atoms with van der Waals surface area (Å²) in [5, 5.41) is 7.47. The third-order valence-corrected chi connectivity index (χ3v) is 3.81. The van der Waals surface area contributed by atoms with Crippen LogP contribution >= 0.6 is 11.8 Å². The fourth-order valence-corrected chi connectivity index (χ4v) is 2.58. The summed E-state index contributed by atoms with van der Waals surface area (Å²) in [5.74, 6) is 3.45. The van der Waals surface area contributed by atoms with E-state index < -0.39 is 0 Å². The first-order valence-corrected chi connectivity index (χ1v) is 6.15. The molecule has 1 fully saturated rings. The summed E-state index contributed by atoms with van der Waals surface area (Å²) in [4.78, 5) is 0. The number of aromatic nitrogens is 1. The lowest BCUT2D eigenvalue weighted by Gasteiger charge is -2.22. The first-order chi connectivity index (χ1) is 6.77. The lowest BCUT2D eigenvalue weighted by molar-refractivity contribution is 0.364. The smallest absolute Gasteiger partial charge is 0.141 e. The predicted octanol–water partition coefficient (Wildman–Crippen LogP) is 1.54. The molecule has 1 aromatic rings. The summed E-state index contributed by atoms with van der Waals surface area (Å²) in [6, 6.07) is 0.555. The van der Waals surface area contributed by atoms with Crippen molar-refractivity contribution < 1.29 is 4.52 Å². The summed E-state index contributed by atoms with van der Waals surface area (Å²) in [6.45, 7) is 5.18. The molecule has 1 aliphatic heterocycles. The van der Waals surface area contributed by atoms with Crippen LogP contribution < -0.4 is 5.32 Å². The van der Waals surface area contributed by atoms with Gasteiger partial charge < -0.3 is 9.84 Å². The van der Waals surface area contributed by atoms with E-state index in [9.17, 15) is 0 Å². The van der Waals surface area contributed by atoms with Gasteiger partial charge in [-0.3, -0.25) is 0 Å². The molecule has 0 aromatic carbocycles. The first kappa shape index (κ1) is 10.1. The Balaban J connectivity index is 1.99. The van der Waals surface area contributed by atoms with Crippen molar-refractivity contribution in [2.45, 2.75) is 26.3 Å². The third-order valence-electron chi connectivity index (χ3n) is 2.68. The van der Waals surface area contributed by atoms with Crippen molar-refractivity contribution in [2.24, 2.45) is 0 Å². The minimum absolute atomic E-state index is 0.555. The maximum Gasteiger partial charge on any atom is 0.141 e. The second-order valence-electron chi connectivity index (χ2n) is 3.75. The lowest BCUT2D eigenvalue weighted by Crippen LogP contribution is -2.38. The number of hydrogen-bond donors (Lipinski definition) is 1. The van der Waals surface area contributed by atoms with Crippen LogP contribution in [0, 0.1) is 13.8 Å². The van der Waals surface area contributed by atoms with E-state index in [-0.39, 0.29) is 0 Å². The van der Waals surface area contributed by atoms with E-state index in [2.05, 4.69) is 17.4 Å². The molecule has 1 unspecified atom stereocenters. The summed E-state index contributed by atoms with van der Waals surface area (Å²) in [7, 11) is 0. The van der Waals surface area contributed by atoms with Crippen molar-refractivity contribution in [1.29, 1.82) is 0 Å². The summed E-state index contributed by atoms with van der Waals surface area (Å²) < 4.78 is 5.30. The van der Waals surface area contributed by atoms with Gasteiger partial charge in [0.25, 0.3) is 0 Å². The quantitative estimate of drug-likeness (QED) is 0.807. The number of nitrogens with zero attached hydrogens (tertiary/aromatic N) is 1. The fraction of sp³-hybridized carbons (Fsp3) is 0.700. The largest absolute Gasteiger partial charge is 0.361 e. The van der Waals surface area contributed by atoms with Crippen LogP contribution in [0.4, 0.5) is 0 Å². The average Bonchev–Trinajstić information content (AvgIpc) is 2.52. The van der Waals surface area contributed by atoms with Crippen LogP contribution in [0.2, 0.25) is 0 Å². The number of hydrogen-bond acceptors (Lipinski definition) is 4. The molecule has 14 heavy (non-hydrogen) atoms. The van der Waals surface area contributed by atoms with E-state index >= 15 is 0 Å². The van der Waals surface area contributed by atoms with Gasteiger partial charge in [-0.15, -0.1) is 0 Å². The Morgan fingerprint density at radius 1 is 1.57 bits per heavy atom. The molecule has 1 aromatic heterocycles. The molecule has 1 atom stereocenters. The Labute approximate surface area is 88.6 Å². The van der Waals surface area contributed by atoms with Gasteiger partial charge in [0, 0.05) is 36.1 Å².